The van der Waals surface area contributed by atoms with Crippen molar-refractivity contribution in [1.29, 1.82) is 0 Å². The number of hydrogen-bond donors (Lipinski definition) is 1. The zero-order chi connectivity index (χ0) is 21.3. The van der Waals surface area contributed by atoms with Crippen LogP contribution in [0.4, 0.5) is 5.00 Å². The average Bonchev–Trinajstić information content (AvgIpc) is 3.33. The summed E-state index contributed by atoms with van der Waals surface area (Å²) in [6.07, 6.45) is 4.36. The van der Waals surface area contributed by atoms with Gasteiger partial charge in [0.1, 0.15) is 0 Å². The highest BCUT2D eigenvalue weighted by atomic mass is 32.2. The fourth-order valence-corrected chi connectivity index (χ4v) is 6.30. The SMILES string of the molecule is C=CC(=O)Nc1cc2c(s1)CN(S(=O)(=O)c1ccc(C(=O)N3CCCCC3)cc1)C2. The molecule has 0 radical (unpaired) electrons. The zero-order valence-electron chi connectivity index (χ0n) is 16.5. The predicted molar refractivity (Wildman–Crippen MR) is 116 cm³/mol. The highest BCUT2D eigenvalue weighted by molar-refractivity contribution is 7.89. The molecule has 9 heteroatoms. The largest absolute Gasteiger partial charge is 0.339 e. The number of rotatable bonds is 5. The molecule has 7 nitrogen and oxygen atoms in total. The van der Waals surface area contributed by atoms with Gasteiger partial charge in [-0.1, -0.05) is 6.58 Å². The van der Waals surface area contributed by atoms with Crippen molar-refractivity contribution >= 4 is 38.2 Å². The summed E-state index contributed by atoms with van der Waals surface area (Å²) in [6, 6.07) is 8.01. The summed E-state index contributed by atoms with van der Waals surface area (Å²) in [5.74, 6) is -0.338. The number of fused-ring (bicyclic) bond motifs is 1. The summed E-state index contributed by atoms with van der Waals surface area (Å²) in [7, 11) is -3.67. The Morgan fingerprint density at radius 1 is 1.07 bits per heavy atom. The molecular weight excluding hydrogens is 422 g/mol. The Morgan fingerprint density at radius 2 is 1.77 bits per heavy atom. The third-order valence-electron chi connectivity index (χ3n) is 5.38. The van der Waals surface area contributed by atoms with Crippen LogP contribution >= 0.6 is 11.3 Å². The molecule has 0 aliphatic carbocycles. The zero-order valence-corrected chi connectivity index (χ0v) is 18.1. The van der Waals surface area contributed by atoms with Crippen LogP contribution in [0.1, 0.15) is 40.1 Å². The molecule has 3 heterocycles. The highest BCUT2D eigenvalue weighted by Gasteiger charge is 2.32. The lowest BCUT2D eigenvalue weighted by Gasteiger charge is -2.26. The summed E-state index contributed by atoms with van der Waals surface area (Å²) in [5, 5.41) is 3.39. The number of likely N-dealkylation sites (tertiary alicyclic amines) is 1. The summed E-state index contributed by atoms with van der Waals surface area (Å²) in [4.78, 5) is 26.9. The van der Waals surface area contributed by atoms with E-state index in [1.165, 1.54) is 33.9 Å². The van der Waals surface area contributed by atoms with Crippen LogP contribution in [0.15, 0.2) is 47.9 Å². The van der Waals surface area contributed by atoms with Gasteiger partial charge in [-0.3, -0.25) is 9.59 Å². The van der Waals surface area contributed by atoms with E-state index in [9.17, 15) is 18.0 Å². The summed E-state index contributed by atoms with van der Waals surface area (Å²) < 4.78 is 27.5. The molecule has 4 rings (SSSR count). The Hall–Kier alpha value is -2.49. The van der Waals surface area contributed by atoms with Crippen LogP contribution in [0.2, 0.25) is 0 Å². The van der Waals surface area contributed by atoms with Gasteiger partial charge in [0.2, 0.25) is 15.9 Å². The molecule has 0 bridgehead atoms. The van der Waals surface area contributed by atoms with Crippen molar-refractivity contribution in [2.24, 2.45) is 0 Å². The Morgan fingerprint density at radius 3 is 2.40 bits per heavy atom. The molecule has 0 spiro atoms. The molecule has 30 heavy (non-hydrogen) atoms. The van der Waals surface area contributed by atoms with Gasteiger partial charge in [0.05, 0.1) is 9.90 Å². The van der Waals surface area contributed by atoms with E-state index in [0.717, 1.165) is 42.8 Å². The number of nitrogens with zero attached hydrogens (tertiary/aromatic N) is 2. The number of sulfonamides is 1. The van der Waals surface area contributed by atoms with E-state index in [2.05, 4.69) is 11.9 Å². The van der Waals surface area contributed by atoms with Crippen LogP contribution in [-0.2, 0) is 27.9 Å². The van der Waals surface area contributed by atoms with Gasteiger partial charge < -0.3 is 10.2 Å². The Balaban J connectivity index is 1.45. The predicted octanol–water partition coefficient (Wildman–Crippen LogP) is 3.20. The van der Waals surface area contributed by atoms with E-state index >= 15 is 0 Å². The van der Waals surface area contributed by atoms with Gasteiger partial charge in [0.25, 0.3) is 5.91 Å². The molecule has 2 aromatic rings. The van der Waals surface area contributed by atoms with Crippen molar-refractivity contribution in [3.05, 3.63) is 59.0 Å². The topological polar surface area (TPSA) is 86.8 Å². The second-order valence-corrected chi connectivity index (χ2v) is 10.5. The lowest BCUT2D eigenvalue weighted by molar-refractivity contribution is -0.111. The van der Waals surface area contributed by atoms with Gasteiger partial charge in [-0.2, -0.15) is 4.31 Å². The van der Waals surface area contributed by atoms with E-state index in [1.807, 2.05) is 4.90 Å². The molecule has 0 atom stereocenters. The Bertz CT molecular complexity index is 1060. The number of nitrogens with one attached hydrogen (secondary N) is 1. The highest BCUT2D eigenvalue weighted by Crippen LogP contribution is 2.36. The lowest BCUT2D eigenvalue weighted by atomic mass is 10.1. The van der Waals surface area contributed by atoms with Crippen LogP contribution in [0.3, 0.4) is 0 Å². The monoisotopic (exact) mass is 445 g/mol. The Kier molecular flexibility index (Phi) is 5.77. The normalized spacial score (nSPS) is 16.9. The number of piperidine rings is 1. The van der Waals surface area contributed by atoms with Crippen molar-refractivity contribution in [1.82, 2.24) is 9.21 Å². The van der Waals surface area contributed by atoms with Gasteiger partial charge in [0.15, 0.2) is 0 Å². The van der Waals surface area contributed by atoms with Crippen molar-refractivity contribution in [2.45, 2.75) is 37.2 Å². The lowest BCUT2D eigenvalue weighted by Crippen LogP contribution is -2.35. The minimum absolute atomic E-state index is 0.0453. The number of thiophene rings is 1. The van der Waals surface area contributed by atoms with Crippen molar-refractivity contribution < 1.29 is 18.0 Å². The first-order valence-corrected chi connectivity index (χ1v) is 12.1. The molecule has 1 aromatic heterocycles. The molecule has 1 fully saturated rings. The number of hydrogen-bond acceptors (Lipinski definition) is 5. The third kappa shape index (κ3) is 4.05. The first-order valence-electron chi connectivity index (χ1n) is 9.83. The molecule has 2 aliphatic heterocycles. The van der Waals surface area contributed by atoms with Crippen molar-refractivity contribution in [3.63, 3.8) is 0 Å². The minimum Gasteiger partial charge on any atom is -0.339 e. The van der Waals surface area contributed by atoms with Gasteiger partial charge in [-0.05, 0) is 61.2 Å². The first-order chi connectivity index (χ1) is 14.4. The summed E-state index contributed by atoms with van der Waals surface area (Å²) >= 11 is 1.37. The van der Waals surface area contributed by atoms with Crippen LogP contribution in [0, 0.1) is 0 Å². The number of carbonyl (C=O) groups excluding carboxylic acids is 2. The number of carbonyl (C=O) groups is 2. The molecule has 1 N–H and O–H groups in total. The number of anilines is 1. The molecule has 0 saturated carbocycles. The molecule has 2 amide bonds. The second kappa shape index (κ2) is 8.33. The van der Waals surface area contributed by atoms with Crippen LogP contribution in [-0.4, -0.2) is 42.5 Å². The third-order valence-corrected chi connectivity index (χ3v) is 8.26. The smallest absolute Gasteiger partial charge is 0.253 e. The molecule has 158 valence electrons. The maximum absolute atomic E-state index is 13.0. The standard InChI is InChI=1S/C21H23N3O4S2/c1-2-19(25)22-20-12-16-13-24(14-18(16)29-20)30(27,28)17-8-6-15(7-9-17)21(26)23-10-4-3-5-11-23/h2,6-9,12H,1,3-5,10-11,13-14H2,(H,22,25). The van der Waals surface area contributed by atoms with Crippen molar-refractivity contribution in [2.75, 3.05) is 18.4 Å². The molecule has 1 saturated heterocycles. The van der Waals surface area contributed by atoms with E-state index in [0.29, 0.717) is 10.6 Å². The minimum atomic E-state index is -3.67. The number of amides is 2. The van der Waals surface area contributed by atoms with Gasteiger partial charge >= 0.3 is 0 Å². The van der Waals surface area contributed by atoms with E-state index in [4.69, 9.17) is 0 Å². The molecule has 2 aliphatic rings. The Labute approximate surface area is 180 Å². The fraction of sp³-hybridized carbons (Fsp3) is 0.333. The van der Waals surface area contributed by atoms with E-state index in [1.54, 1.807) is 18.2 Å². The first kappa shape index (κ1) is 20.8. The van der Waals surface area contributed by atoms with Crippen LogP contribution in [0.25, 0.3) is 0 Å². The van der Waals surface area contributed by atoms with Gasteiger partial charge in [-0.25, -0.2) is 8.42 Å². The van der Waals surface area contributed by atoms with Gasteiger partial charge in [0, 0.05) is 36.6 Å². The maximum atomic E-state index is 13.0. The number of benzene rings is 1. The average molecular weight is 446 g/mol. The van der Waals surface area contributed by atoms with E-state index < -0.39 is 10.0 Å². The summed E-state index contributed by atoms with van der Waals surface area (Å²) in [6.45, 7) is 5.45. The molecular formula is C21H23N3O4S2. The quantitative estimate of drug-likeness (QED) is 0.716. The van der Waals surface area contributed by atoms with Gasteiger partial charge in [-0.15, -0.1) is 11.3 Å². The molecule has 0 unspecified atom stereocenters. The second-order valence-electron chi connectivity index (χ2n) is 7.40. The van der Waals surface area contributed by atoms with Crippen molar-refractivity contribution in [3.8, 4) is 0 Å². The summed E-state index contributed by atoms with van der Waals surface area (Å²) in [5.41, 5.74) is 1.40. The van der Waals surface area contributed by atoms with Crippen LogP contribution in [0.5, 0.6) is 0 Å². The fourth-order valence-electron chi connectivity index (χ4n) is 3.74. The van der Waals surface area contributed by atoms with E-state index in [-0.39, 0.29) is 29.8 Å². The maximum Gasteiger partial charge on any atom is 0.253 e. The molecule has 1 aromatic carbocycles. The van der Waals surface area contributed by atoms with Crippen LogP contribution < -0.4 is 5.32 Å².